The van der Waals surface area contributed by atoms with Crippen LogP contribution in [0.15, 0.2) is 64.8 Å². The van der Waals surface area contributed by atoms with E-state index in [-0.39, 0.29) is 17.2 Å². The fourth-order valence-corrected chi connectivity index (χ4v) is 2.19. The van der Waals surface area contributed by atoms with Gasteiger partial charge in [-0.1, -0.05) is 12.1 Å². The number of nitrogens with zero attached hydrogens (tertiary/aromatic N) is 3. The van der Waals surface area contributed by atoms with Gasteiger partial charge in [0, 0.05) is 17.5 Å². The summed E-state index contributed by atoms with van der Waals surface area (Å²) in [5.41, 5.74) is 0.790. The first kappa shape index (κ1) is 14.5. The summed E-state index contributed by atoms with van der Waals surface area (Å²) in [6, 6.07) is 13.4. The van der Waals surface area contributed by atoms with Gasteiger partial charge in [0.25, 0.3) is 5.69 Å². The molecule has 0 saturated carbocycles. The summed E-state index contributed by atoms with van der Waals surface area (Å²) < 4.78 is 0. The summed E-state index contributed by atoms with van der Waals surface area (Å²) in [6.45, 7) is 0. The number of phenolic OH excluding ortho intramolecular Hbond substituents is 2. The molecule has 0 saturated heterocycles. The van der Waals surface area contributed by atoms with Crippen LogP contribution < -0.4 is 0 Å². The Hall–Kier alpha value is -3.48. The lowest BCUT2D eigenvalue weighted by Gasteiger charge is -2.05. The van der Waals surface area contributed by atoms with E-state index in [1.54, 1.807) is 12.1 Å². The number of nitro benzene ring substituents is 1. The van der Waals surface area contributed by atoms with Crippen LogP contribution in [0.25, 0.3) is 10.8 Å². The van der Waals surface area contributed by atoms with Crippen LogP contribution in [0, 0.1) is 10.1 Å². The van der Waals surface area contributed by atoms with Crippen LogP contribution in [-0.4, -0.2) is 15.1 Å². The van der Waals surface area contributed by atoms with Crippen LogP contribution in [0.2, 0.25) is 0 Å². The highest BCUT2D eigenvalue weighted by atomic mass is 16.6. The Morgan fingerprint density at radius 1 is 0.870 bits per heavy atom. The van der Waals surface area contributed by atoms with Gasteiger partial charge in [0.05, 0.1) is 21.7 Å². The van der Waals surface area contributed by atoms with Crippen molar-refractivity contribution in [2.75, 3.05) is 0 Å². The van der Waals surface area contributed by atoms with E-state index >= 15 is 0 Å². The number of fused-ring (bicyclic) bond motifs is 1. The van der Waals surface area contributed by atoms with Gasteiger partial charge in [-0.2, -0.15) is 5.11 Å². The Bertz CT molecular complexity index is 921. The maximum atomic E-state index is 10.6. The molecule has 0 amide bonds. The maximum absolute atomic E-state index is 10.6. The van der Waals surface area contributed by atoms with E-state index in [1.807, 2.05) is 0 Å². The molecular weight excluding hydrogens is 298 g/mol. The van der Waals surface area contributed by atoms with Gasteiger partial charge in [-0.3, -0.25) is 10.1 Å². The number of hydrogen-bond donors (Lipinski definition) is 2. The van der Waals surface area contributed by atoms with Gasteiger partial charge >= 0.3 is 0 Å². The Morgan fingerprint density at radius 2 is 1.61 bits per heavy atom. The minimum atomic E-state index is -0.494. The van der Waals surface area contributed by atoms with Gasteiger partial charge in [-0.15, -0.1) is 5.11 Å². The highest BCUT2D eigenvalue weighted by Gasteiger charge is 2.09. The smallest absolute Gasteiger partial charge is 0.269 e. The van der Waals surface area contributed by atoms with Crippen LogP contribution in [-0.2, 0) is 0 Å². The van der Waals surface area contributed by atoms with Crippen LogP contribution in [0.3, 0.4) is 0 Å². The zero-order valence-electron chi connectivity index (χ0n) is 11.7. The summed E-state index contributed by atoms with van der Waals surface area (Å²) in [6.07, 6.45) is 0. The van der Waals surface area contributed by atoms with Gasteiger partial charge in [-0.25, -0.2) is 0 Å². The molecule has 0 unspecified atom stereocenters. The minimum absolute atomic E-state index is 0.0175. The first-order chi connectivity index (χ1) is 11.1. The van der Waals surface area contributed by atoms with Crippen molar-refractivity contribution in [2.24, 2.45) is 10.2 Å². The second-order valence-electron chi connectivity index (χ2n) is 4.78. The van der Waals surface area contributed by atoms with E-state index in [0.717, 1.165) is 0 Å². The van der Waals surface area contributed by atoms with Gasteiger partial charge < -0.3 is 10.2 Å². The quantitative estimate of drug-likeness (QED) is 0.419. The van der Waals surface area contributed by atoms with Crippen molar-refractivity contribution in [1.29, 1.82) is 0 Å². The van der Waals surface area contributed by atoms with E-state index in [1.165, 1.54) is 42.5 Å². The summed E-state index contributed by atoms with van der Waals surface area (Å²) in [4.78, 5) is 10.1. The average molecular weight is 309 g/mol. The molecule has 0 radical (unpaired) electrons. The van der Waals surface area contributed by atoms with Gasteiger partial charge in [0.1, 0.15) is 11.5 Å². The molecule has 7 heteroatoms. The Kier molecular flexibility index (Phi) is 3.60. The van der Waals surface area contributed by atoms with Crippen LogP contribution in [0.4, 0.5) is 17.1 Å². The molecule has 0 aliphatic heterocycles. The minimum Gasteiger partial charge on any atom is -0.507 e. The molecule has 0 heterocycles. The number of benzene rings is 3. The lowest BCUT2D eigenvalue weighted by molar-refractivity contribution is -0.384. The van der Waals surface area contributed by atoms with Crippen molar-refractivity contribution >= 4 is 27.8 Å². The fraction of sp³-hybridized carbons (Fsp3) is 0. The first-order valence-corrected chi connectivity index (χ1v) is 6.66. The zero-order chi connectivity index (χ0) is 16.4. The molecule has 0 spiro atoms. The number of azo groups is 1. The van der Waals surface area contributed by atoms with Crippen LogP contribution in [0.5, 0.6) is 11.5 Å². The SMILES string of the molecule is O=[N+]([O-])c1ccc(N=Nc2ccc(O)c3cccc(O)c23)cc1. The van der Waals surface area contributed by atoms with Crippen LogP contribution >= 0.6 is 0 Å². The van der Waals surface area contributed by atoms with Crippen molar-refractivity contribution in [1.82, 2.24) is 0 Å². The normalized spacial score (nSPS) is 11.1. The number of rotatable bonds is 3. The largest absolute Gasteiger partial charge is 0.507 e. The molecular formula is C16H11N3O4. The number of non-ortho nitro benzene ring substituents is 1. The van der Waals surface area contributed by atoms with E-state index in [2.05, 4.69) is 10.2 Å². The third kappa shape index (κ3) is 2.80. The van der Waals surface area contributed by atoms with Crippen molar-refractivity contribution < 1.29 is 15.1 Å². The average Bonchev–Trinajstić information content (AvgIpc) is 2.55. The highest BCUT2D eigenvalue weighted by molar-refractivity contribution is 6.00. The third-order valence-corrected chi connectivity index (χ3v) is 3.31. The number of nitro groups is 1. The molecule has 3 rings (SSSR count). The predicted octanol–water partition coefficient (Wildman–Crippen LogP) is 4.57. The fourth-order valence-electron chi connectivity index (χ4n) is 2.19. The van der Waals surface area contributed by atoms with Crippen LogP contribution in [0.1, 0.15) is 0 Å². The first-order valence-electron chi connectivity index (χ1n) is 6.66. The monoisotopic (exact) mass is 309 g/mol. The topological polar surface area (TPSA) is 108 Å². The van der Waals surface area contributed by atoms with Gasteiger partial charge in [0.2, 0.25) is 0 Å². The van der Waals surface area contributed by atoms with E-state index in [0.29, 0.717) is 22.1 Å². The molecule has 2 N–H and O–H groups in total. The summed E-state index contributed by atoms with van der Waals surface area (Å²) in [7, 11) is 0. The lowest BCUT2D eigenvalue weighted by atomic mass is 10.1. The molecule has 7 nitrogen and oxygen atoms in total. The van der Waals surface area contributed by atoms with Crippen molar-refractivity contribution in [3.05, 3.63) is 64.7 Å². The summed E-state index contributed by atoms with van der Waals surface area (Å²) in [5.74, 6) is 0.0150. The third-order valence-electron chi connectivity index (χ3n) is 3.31. The van der Waals surface area contributed by atoms with Gasteiger partial charge in [0.15, 0.2) is 0 Å². The number of aromatic hydroxyl groups is 2. The Labute approximate surface area is 130 Å². The summed E-state index contributed by atoms with van der Waals surface area (Å²) >= 11 is 0. The van der Waals surface area contributed by atoms with Crippen molar-refractivity contribution in [3.8, 4) is 11.5 Å². The molecule has 3 aromatic carbocycles. The molecule has 3 aromatic rings. The maximum Gasteiger partial charge on any atom is 0.269 e. The van der Waals surface area contributed by atoms with Crippen molar-refractivity contribution in [3.63, 3.8) is 0 Å². The van der Waals surface area contributed by atoms with Crippen molar-refractivity contribution in [2.45, 2.75) is 0 Å². The molecule has 0 fully saturated rings. The van der Waals surface area contributed by atoms with E-state index in [9.17, 15) is 20.3 Å². The molecule has 0 atom stereocenters. The summed E-state index contributed by atoms with van der Waals surface area (Å²) in [5, 5.41) is 39.4. The molecule has 0 aliphatic carbocycles. The number of phenols is 2. The molecule has 0 bridgehead atoms. The van der Waals surface area contributed by atoms with Gasteiger partial charge in [-0.05, 0) is 30.3 Å². The highest BCUT2D eigenvalue weighted by Crippen LogP contribution is 2.38. The Morgan fingerprint density at radius 3 is 2.30 bits per heavy atom. The van der Waals surface area contributed by atoms with E-state index in [4.69, 9.17) is 0 Å². The number of hydrogen-bond acceptors (Lipinski definition) is 6. The lowest BCUT2D eigenvalue weighted by Crippen LogP contribution is -1.85. The molecule has 23 heavy (non-hydrogen) atoms. The molecule has 0 aromatic heterocycles. The Balaban J connectivity index is 2.01. The van der Waals surface area contributed by atoms with E-state index < -0.39 is 4.92 Å². The molecule has 114 valence electrons. The molecule has 0 aliphatic rings. The standard InChI is InChI=1S/C16H11N3O4/c20-14-9-8-13(16-12(14)2-1-3-15(16)21)18-17-10-4-6-11(7-5-10)19(22)23/h1-9,20-21H. The predicted molar refractivity (Wildman–Crippen MR) is 84.6 cm³/mol. The zero-order valence-corrected chi connectivity index (χ0v) is 11.7. The second-order valence-corrected chi connectivity index (χ2v) is 4.78. The second kappa shape index (κ2) is 5.72.